The standard InChI is InChI=1S/C3H4N2O2S/c1-7-3(6)5-4-2-8/h1H3,(H,5,6). The van der Waals surface area contributed by atoms with Crippen molar-refractivity contribution in [2.24, 2.45) is 5.10 Å². The van der Waals surface area contributed by atoms with Crippen LogP contribution in [-0.2, 0) is 4.74 Å². The van der Waals surface area contributed by atoms with Crippen molar-refractivity contribution >= 4 is 23.5 Å². The van der Waals surface area contributed by atoms with Gasteiger partial charge in [-0.25, -0.2) is 10.2 Å². The molecule has 5 heteroatoms. The molecule has 0 heterocycles. The van der Waals surface area contributed by atoms with E-state index in [1.807, 2.05) is 10.6 Å². The van der Waals surface area contributed by atoms with Gasteiger partial charge in [-0.3, -0.25) is 0 Å². The summed E-state index contributed by atoms with van der Waals surface area (Å²) >= 11 is 4.13. The van der Waals surface area contributed by atoms with Gasteiger partial charge in [-0.15, -0.1) is 5.10 Å². The number of hydrazone groups is 1. The first kappa shape index (κ1) is 7.07. The molecular formula is C3H4N2O2S. The first-order chi connectivity index (χ1) is 3.81. The van der Waals surface area contributed by atoms with Gasteiger partial charge in [0.2, 0.25) is 0 Å². The number of nitrogens with one attached hydrogen (secondary N) is 1. The van der Waals surface area contributed by atoms with Crippen LogP contribution in [0, 0.1) is 0 Å². The molecule has 0 atom stereocenters. The van der Waals surface area contributed by atoms with E-state index in [1.54, 1.807) is 0 Å². The summed E-state index contributed by atoms with van der Waals surface area (Å²) in [4.78, 5) is 10.1. The Labute approximate surface area is 51.5 Å². The Morgan fingerprint density at radius 3 is 3.00 bits per heavy atom. The van der Waals surface area contributed by atoms with Crippen molar-refractivity contribution in [3.63, 3.8) is 0 Å². The summed E-state index contributed by atoms with van der Waals surface area (Å²) in [5, 5.41) is 5.01. The molecule has 1 amide bonds. The van der Waals surface area contributed by atoms with E-state index >= 15 is 0 Å². The molecule has 4 nitrogen and oxygen atoms in total. The SMILES string of the molecule is COC(=O)NN=C=S. The Hall–Kier alpha value is -0.930. The highest BCUT2D eigenvalue weighted by Crippen LogP contribution is 1.66. The summed E-state index contributed by atoms with van der Waals surface area (Å²) in [5.74, 6) is 0. The van der Waals surface area contributed by atoms with Gasteiger partial charge in [-0.1, -0.05) is 0 Å². The van der Waals surface area contributed by atoms with E-state index in [4.69, 9.17) is 0 Å². The van der Waals surface area contributed by atoms with Crippen LogP contribution in [0.4, 0.5) is 4.79 Å². The summed E-state index contributed by atoms with van der Waals surface area (Å²) in [6.45, 7) is 0. The molecule has 0 aliphatic rings. The molecule has 0 aliphatic carbocycles. The number of methoxy groups -OCH3 is 1. The summed E-state index contributed by atoms with van der Waals surface area (Å²) < 4.78 is 4.12. The molecule has 0 spiro atoms. The van der Waals surface area contributed by atoms with Crippen molar-refractivity contribution in [2.75, 3.05) is 7.11 Å². The molecule has 0 radical (unpaired) electrons. The number of hydrogen-bond acceptors (Lipinski definition) is 4. The molecule has 8 heavy (non-hydrogen) atoms. The second-order valence-electron chi connectivity index (χ2n) is 0.806. The molecule has 0 saturated heterocycles. The fourth-order valence-corrected chi connectivity index (χ4v) is 0.160. The van der Waals surface area contributed by atoms with Gasteiger partial charge < -0.3 is 4.74 Å². The zero-order valence-corrected chi connectivity index (χ0v) is 4.99. The highest BCUT2D eigenvalue weighted by atomic mass is 32.1. The number of ether oxygens (including phenoxy) is 1. The van der Waals surface area contributed by atoms with Crippen molar-refractivity contribution < 1.29 is 9.53 Å². The minimum absolute atomic E-state index is 0.651. The highest BCUT2D eigenvalue weighted by molar-refractivity contribution is 7.78. The van der Waals surface area contributed by atoms with Crippen LogP contribution in [0.25, 0.3) is 0 Å². The van der Waals surface area contributed by atoms with Gasteiger partial charge in [0.1, 0.15) is 0 Å². The maximum Gasteiger partial charge on any atom is 0.428 e. The zero-order chi connectivity index (χ0) is 6.41. The molecule has 0 rings (SSSR count). The average molecular weight is 132 g/mol. The Kier molecular flexibility index (Phi) is 3.74. The predicted octanol–water partition coefficient (Wildman–Crippen LogP) is 0.360. The van der Waals surface area contributed by atoms with Crippen molar-refractivity contribution in [1.82, 2.24) is 5.43 Å². The lowest BCUT2D eigenvalue weighted by atomic mass is 11.2. The smallest absolute Gasteiger partial charge is 0.428 e. The number of isothiocyanates is 1. The normalized spacial score (nSPS) is 6.62. The number of rotatable bonds is 1. The molecule has 0 saturated carbocycles. The summed E-state index contributed by atoms with van der Waals surface area (Å²) in [6.07, 6.45) is -0.651. The van der Waals surface area contributed by atoms with E-state index in [9.17, 15) is 4.79 Å². The fraction of sp³-hybridized carbons (Fsp3) is 0.333. The van der Waals surface area contributed by atoms with Gasteiger partial charge >= 0.3 is 6.09 Å². The highest BCUT2D eigenvalue weighted by Gasteiger charge is 1.89. The van der Waals surface area contributed by atoms with Crippen LogP contribution >= 0.6 is 12.2 Å². The lowest BCUT2D eigenvalue weighted by Crippen LogP contribution is -2.15. The van der Waals surface area contributed by atoms with E-state index in [1.165, 1.54) is 7.11 Å². The molecule has 0 unspecified atom stereocenters. The molecular weight excluding hydrogens is 128 g/mol. The third-order valence-corrected chi connectivity index (χ3v) is 0.470. The van der Waals surface area contributed by atoms with E-state index in [2.05, 4.69) is 22.1 Å². The van der Waals surface area contributed by atoms with Crippen LogP contribution in [0.15, 0.2) is 5.10 Å². The minimum atomic E-state index is -0.651. The van der Waals surface area contributed by atoms with Gasteiger partial charge in [0.05, 0.1) is 12.3 Å². The van der Waals surface area contributed by atoms with Crippen molar-refractivity contribution in [2.45, 2.75) is 0 Å². The minimum Gasteiger partial charge on any atom is -0.452 e. The first-order valence-electron chi connectivity index (χ1n) is 1.72. The number of nitrogens with zero attached hydrogens (tertiary/aromatic N) is 1. The van der Waals surface area contributed by atoms with Crippen molar-refractivity contribution in [3.05, 3.63) is 0 Å². The Balaban J connectivity index is 3.39. The zero-order valence-electron chi connectivity index (χ0n) is 4.17. The number of carbonyl (C=O) groups excluding carboxylic acids is 1. The molecule has 0 aliphatic heterocycles. The maximum absolute atomic E-state index is 10.1. The van der Waals surface area contributed by atoms with E-state index in [0.717, 1.165) is 0 Å². The van der Waals surface area contributed by atoms with Gasteiger partial charge in [0, 0.05) is 0 Å². The molecule has 44 valence electrons. The molecule has 0 aromatic rings. The van der Waals surface area contributed by atoms with Crippen LogP contribution in [0.1, 0.15) is 0 Å². The Morgan fingerprint density at radius 2 is 2.62 bits per heavy atom. The Morgan fingerprint density at radius 1 is 2.00 bits per heavy atom. The number of carbonyl (C=O) groups is 1. The molecule has 0 aromatic carbocycles. The van der Waals surface area contributed by atoms with Gasteiger partial charge in [-0.2, -0.15) is 0 Å². The van der Waals surface area contributed by atoms with Crippen LogP contribution in [0.5, 0.6) is 0 Å². The molecule has 0 fully saturated rings. The summed E-state index contributed by atoms with van der Waals surface area (Å²) in [6, 6.07) is 0. The second-order valence-corrected chi connectivity index (χ2v) is 0.989. The Bertz CT molecular complexity index is 129. The summed E-state index contributed by atoms with van der Waals surface area (Å²) in [5.41, 5.74) is 1.93. The van der Waals surface area contributed by atoms with E-state index in [0.29, 0.717) is 0 Å². The van der Waals surface area contributed by atoms with E-state index < -0.39 is 6.09 Å². The number of thiocarbonyl (C=S) groups is 1. The van der Waals surface area contributed by atoms with Gasteiger partial charge in [0.15, 0.2) is 0 Å². The lowest BCUT2D eigenvalue weighted by molar-refractivity contribution is 0.171. The number of hydrogen-bond donors (Lipinski definition) is 1. The molecule has 0 bridgehead atoms. The predicted molar refractivity (Wildman–Crippen MR) is 30.6 cm³/mol. The lowest BCUT2D eigenvalue weighted by Gasteiger charge is -1.90. The van der Waals surface area contributed by atoms with Crippen molar-refractivity contribution in [3.8, 4) is 0 Å². The third-order valence-electron chi connectivity index (χ3n) is 0.378. The number of amides is 1. The largest absolute Gasteiger partial charge is 0.452 e. The van der Waals surface area contributed by atoms with Crippen LogP contribution < -0.4 is 5.43 Å². The quantitative estimate of drug-likeness (QED) is 0.318. The maximum atomic E-state index is 10.1. The average Bonchev–Trinajstić information content (AvgIpc) is 1.83. The summed E-state index contributed by atoms with van der Waals surface area (Å²) in [7, 11) is 1.23. The topological polar surface area (TPSA) is 50.7 Å². The van der Waals surface area contributed by atoms with E-state index in [-0.39, 0.29) is 0 Å². The van der Waals surface area contributed by atoms with Crippen LogP contribution in [-0.4, -0.2) is 18.4 Å². The monoisotopic (exact) mass is 132 g/mol. The molecule has 0 aromatic heterocycles. The van der Waals surface area contributed by atoms with Gasteiger partial charge in [-0.05, 0) is 12.2 Å². The molecule has 1 N–H and O–H groups in total. The van der Waals surface area contributed by atoms with Crippen LogP contribution in [0.2, 0.25) is 0 Å². The van der Waals surface area contributed by atoms with Crippen molar-refractivity contribution in [1.29, 1.82) is 0 Å². The fourth-order valence-electron chi connectivity index (χ4n) is 0.114. The van der Waals surface area contributed by atoms with Crippen LogP contribution in [0.3, 0.4) is 0 Å². The second kappa shape index (κ2) is 4.23. The van der Waals surface area contributed by atoms with Gasteiger partial charge in [0.25, 0.3) is 0 Å². The first-order valence-corrected chi connectivity index (χ1v) is 2.13. The third kappa shape index (κ3) is 3.27.